The average Bonchev–Trinajstić information content (AvgIpc) is 2.76. The molecule has 2 aliphatic rings. The maximum absolute atomic E-state index is 12.6. The van der Waals surface area contributed by atoms with Gasteiger partial charge in [-0.2, -0.15) is 4.98 Å². The molecule has 1 unspecified atom stereocenters. The highest BCUT2D eigenvalue weighted by Gasteiger charge is 2.21. The lowest BCUT2D eigenvalue weighted by Crippen LogP contribution is -2.34. The van der Waals surface area contributed by atoms with Crippen molar-refractivity contribution in [1.29, 1.82) is 0 Å². The van der Waals surface area contributed by atoms with Crippen LogP contribution in [0.5, 0.6) is 5.88 Å². The third-order valence-electron chi connectivity index (χ3n) is 6.00. The van der Waals surface area contributed by atoms with E-state index in [9.17, 15) is 4.79 Å². The minimum absolute atomic E-state index is 0.132. The van der Waals surface area contributed by atoms with Crippen molar-refractivity contribution >= 4 is 5.69 Å². The van der Waals surface area contributed by atoms with Gasteiger partial charge >= 0.3 is 5.69 Å². The third-order valence-corrected chi connectivity index (χ3v) is 6.00. The molecule has 2 aliphatic heterocycles. The van der Waals surface area contributed by atoms with E-state index in [0.717, 1.165) is 36.3 Å². The molecule has 7 heteroatoms. The predicted molar refractivity (Wildman–Crippen MR) is 116 cm³/mol. The van der Waals surface area contributed by atoms with Crippen molar-refractivity contribution in [3.05, 3.63) is 40.3 Å². The topological polar surface area (TPSA) is 74.6 Å². The second-order valence-corrected chi connectivity index (χ2v) is 8.79. The van der Waals surface area contributed by atoms with Crippen LogP contribution in [0.25, 0.3) is 11.3 Å². The van der Waals surface area contributed by atoms with E-state index in [0.29, 0.717) is 38.9 Å². The largest absolute Gasteiger partial charge is 0.475 e. The lowest BCUT2D eigenvalue weighted by atomic mass is 9.90. The molecule has 1 aromatic heterocycles. The number of aromatic nitrogens is 2. The molecule has 1 N–H and O–H groups in total. The summed E-state index contributed by atoms with van der Waals surface area (Å²) in [5, 5.41) is 3.56. The van der Waals surface area contributed by atoms with Crippen LogP contribution >= 0.6 is 0 Å². The number of aryl methyl sites for hydroxylation is 1. The van der Waals surface area contributed by atoms with E-state index < -0.39 is 0 Å². The van der Waals surface area contributed by atoms with Gasteiger partial charge in [-0.15, -0.1) is 0 Å². The van der Waals surface area contributed by atoms with E-state index in [1.54, 1.807) is 4.57 Å². The number of anilines is 1. The number of rotatable bonds is 7. The van der Waals surface area contributed by atoms with Gasteiger partial charge in [-0.25, -0.2) is 4.79 Å². The molecule has 0 bridgehead atoms. The van der Waals surface area contributed by atoms with Gasteiger partial charge in [0.15, 0.2) is 0 Å². The van der Waals surface area contributed by atoms with Gasteiger partial charge in [-0.05, 0) is 36.0 Å². The number of nitrogens with one attached hydrogen (secondary N) is 1. The second kappa shape index (κ2) is 8.78. The Hall–Kier alpha value is -2.38. The average molecular weight is 414 g/mol. The highest BCUT2D eigenvalue weighted by molar-refractivity contribution is 5.69. The van der Waals surface area contributed by atoms with Gasteiger partial charge in [0.2, 0.25) is 5.88 Å². The Kier molecular flexibility index (Phi) is 6.11. The lowest BCUT2D eigenvalue weighted by Gasteiger charge is -2.26. The molecule has 162 valence electrons. The SMILES string of the molecule is CCC(C)(C)CNc1ccc2c(c1)CCn1c-2cc(OCC2COCCO2)nc1=O. The molecular formula is C23H31N3O4. The summed E-state index contributed by atoms with van der Waals surface area (Å²) in [4.78, 5) is 16.7. The summed E-state index contributed by atoms with van der Waals surface area (Å²) in [6.45, 7) is 10.3. The fraction of sp³-hybridized carbons (Fsp3) is 0.565. The van der Waals surface area contributed by atoms with Crippen LogP contribution in [0.15, 0.2) is 29.1 Å². The number of nitrogens with zero attached hydrogens (tertiary/aromatic N) is 2. The van der Waals surface area contributed by atoms with Crippen LogP contribution in [0.1, 0.15) is 32.8 Å². The fourth-order valence-corrected chi connectivity index (χ4v) is 3.67. The molecule has 1 aromatic carbocycles. The van der Waals surface area contributed by atoms with E-state index in [1.807, 2.05) is 6.07 Å². The Labute approximate surface area is 177 Å². The van der Waals surface area contributed by atoms with Crippen LogP contribution in [0.2, 0.25) is 0 Å². The predicted octanol–water partition coefficient (Wildman–Crippen LogP) is 3.11. The van der Waals surface area contributed by atoms with Crippen molar-refractivity contribution in [2.45, 2.75) is 46.3 Å². The zero-order valence-electron chi connectivity index (χ0n) is 18.1. The highest BCUT2D eigenvalue weighted by atomic mass is 16.6. The van der Waals surface area contributed by atoms with Gasteiger partial charge in [0, 0.05) is 30.4 Å². The van der Waals surface area contributed by atoms with E-state index in [4.69, 9.17) is 14.2 Å². The quantitative estimate of drug-likeness (QED) is 0.752. The summed E-state index contributed by atoms with van der Waals surface area (Å²) in [5.41, 5.74) is 4.23. The minimum Gasteiger partial charge on any atom is -0.475 e. The van der Waals surface area contributed by atoms with Crippen molar-refractivity contribution in [1.82, 2.24) is 9.55 Å². The Morgan fingerprint density at radius 3 is 2.93 bits per heavy atom. The summed E-state index contributed by atoms with van der Waals surface area (Å²) in [7, 11) is 0. The van der Waals surface area contributed by atoms with E-state index >= 15 is 0 Å². The summed E-state index contributed by atoms with van der Waals surface area (Å²) in [6.07, 6.45) is 1.80. The van der Waals surface area contributed by atoms with Crippen molar-refractivity contribution in [3.63, 3.8) is 0 Å². The first-order valence-electron chi connectivity index (χ1n) is 10.8. The standard InChI is InChI=1S/C23H31N3O4/c1-4-23(2,3)15-24-17-5-6-19-16(11-17)7-8-26-20(19)12-21(25-22(26)27)30-14-18-13-28-9-10-29-18/h5-6,11-12,18,24H,4,7-10,13-15H2,1-3H3. The van der Waals surface area contributed by atoms with Crippen LogP contribution in [0.3, 0.4) is 0 Å². The molecule has 3 heterocycles. The van der Waals surface area contributed by atoms with Gasteiger partial charge in [0.1, 0.15) is 12.7 Å². The van der Waals surface area contributed by atoms with Crippen LogP contribution in [-0.4, -0.2) is 48.6 Å². The monoisotopic (exact) mass is 413 g/mol. The van der Waals surface area contributed by atoms with E-state index in [-0.39, 0.29) is 17.2 Å². The normalized spacial score (nSPS) is 18.4. The molecule has 30 heavy (non-hydrogen) atoms. The fourth-order valence-electron chi connectivity index (χ4n) is 3.67. The maximum atomic E-state index is 12.6. The number of ether oxygens (including phenoxy) is 3. The van der Waals surface area contributed by atoms with Crippen molar-refractivity contribution in [2.75, 3.05) is 38.3 Å². The van der Waals surface area contributed by atoms with Crippen LogP contribution in [0.4, 0.5) is 5.69 Å². The maximum Gasteiger partial charge on any atom is 0.351 e. The number of hydrogen-bond acceptors (Lipinski definition) is 6. The van der Waals surface area contributed by atoms with Crippen molar-refractivity contribution in [3.8, 4) is 17.1 Å². The Balaban J connectivity index is 1.53. The summed E-state index contributed by atoms with van der Waals surface area (Å²) in [5.74, 6) is 0.333. The molecule has 0 radical (unpaired) electrons. The van der Waals surface area contributed by atoms with E-state index in [2.05, 4.69) is 49.3 Å². The lowest BCUT2D eigenvalue weighted by molar-refractivity contribution is -0.102. The molecule has 0 saturated carbocycles. The molecule has 1 fully saturated rings. The first kappa shape index (κ1) is 20.9. The Morgan fingerprint density at radius 2 is 2.17 bits per heavy atom. The first-order chi connectivity index (χ1) is 14.4. The summed E-state index contributed by atoms with van der Waals surface area (Å²) < 4.78 is 18.5. The first-order valence-corrected chi connectivity index (χ1v) is 10.8. The zero-order valence-corrected chi connectivity index (χ0v) is 18.1. The molecule has 0 aliphatic carbocycles. The third kappa shape index (κ3) is 4.68. The van der Waals surface area contributed by atoms with Gasteiger partial charge in [-0.3, -0.25) is 4.57 Å². The number of fused-ring (bicyclic) bond motifs is 3. The van der Waals surface area contributed by atoms with E-state index in [1.165, 1.54) is 5.56 Å². The Bertz CT molecular complexity index is 948. The molecule has 7 nitrogen and oxygen atoms in total. The van der Waals surface area contributed by atoms with Crippen LogP contribution < -0.4 is 15.7 Å². The molecule has 2 aromatic rings. The molecular weight excluding hydrogens is 382 g/mol. The van der Waals surface area contributed by atoms with Crippen molar-refractivity contribution in [2.24, 2.45) is 5.41 Å². The summed E-state index contributed by atoms with van der Waals surface area (Å²) >= 11 is 0. The van der Waals surface area contributed by atoms with Gasteiger partial charge < -0.3 is 19.5 Å². The van der Waals surface area contributed by atoms with Gasteiger partial charge in [0.25, 0.3) is 0 Å². The molecule has 1 saturated heterocycles. The smallest absolute Gasteiger partial charge is 0.351 e. The van der Waals surface area contributed by atoms with Crippen molar-refractivity contribution < 1.29 is 14.2 Å². The zero-order chi connectivity index (χ0) is 21.1. The summed E-state index contributed by atoms with van der Waals surface area (Å²) in [6, 6.07) is 8.22. The molecule has 1 atom stereocenters. The van der Waals surface area contributed by atoms with Crippen LogP contribution in [0, 0.1) is 5.41 Å². The van der Waals surface area contributed by atoms with Crippen LogP contribution in [-0.2, 0) is 22.4 Å². The number of benzene rings is 1. The molecule has 4 rings (SSSR count). The van der Waals surface area contributed by atoms with Gasteiger partial charge in [0.05, 0.1) is 25.5 Å². The molecule has 0 amide bonds. The highest BCUT2D eigenvalue weighted by Crippen LogP contribution is 2.32. The minimum atomic E-state index is -0.277. The molecule has 0 spiro atoms. The Morgan fingerprint density at radius 1 is 1.30 bits per heavy atom. The number of hydrogen-bond donors (Lipinski definition) is 1. The second-order valence-electron chi connectivity index (χ2n) is 8.79. The van der Waals surface area contributed by atoms with Gasteiger partial charge in [-0.1, -0.05) is 26.8 Å².